The molecule has 0 aliphatic heterocycles. The molecule has 0 unspecified atom stereocenters. The van der Waals surface area contributed by atoms with Crippen molar-refractivity contribution in [3.8, 4) is 17.1 Å². The van der Waals surface area contributed by atoms with Crippen LogP contribution in [0.4, 0.5) is 0 Å². The van der Waals surface area contributed by atoms with Crippen LogP contribution in [0.2, 0.25) is 0 Å². The van der Waals surface area contributed by atoms with Gasteiger partial charge in [0, 0.05) is 32.8 Å². The van der Waals surface area contributed by atoms with Gasteiger partial charge in [-0.15, -0.1) is 0 Å². The van der Waals surface area contributed by atoms with Crippen LogP contribution in [0.25, 0.3) is 17.1 Å². The van der Waals surface area contributed by atoms with Crippen LogP contribution in [0.3, 0.4) is 0 Å². The molecule has 0 aliphatic carbocycles. The number of aromatic nitrogens is 2. The molecule has 3 rings (SSSR count). The number of carbonyl (C=O) groups excluding carboxylic acids is 1. The van der Waals surface area contributed by atoms with Crippen LogP contribution in [0.1, 0.15) is 10.4 Å². The Labute approximate surface area is 130 Å². The Balaban J connectivity index is 2.10. The van der Waals surface area contributed by atoms with Crippen molar-refractivity contribution in [1.82, 2.24) is 9.55 Å². The molecule has 3 nitrogen and oxygen atoms in total. The number of nitrogens with zero attached hydrogens (tertiary/aromatic N) is 2. The number of rotatable bonds is 3. The number of hydrogen-bond donors (Lipinski definition) is 0. The zero-order chi connectivity index (χ0) is 13.9. The van der Waals surface area contributed by atoms with Crippen LogP contribution in [0.5, 0.6) is 0 Å². The van der Waals surface area contributed by atoms with Crippen molar-refractivity contribution in [2.75, 3.05) is 0 Å². The van der Waals surface area contributed by atoms with E-state index < -0.39 is 0 Å². The number of hydrogen-bond acceptors (Lipinski definition) is 2. The van der Waals surface area contributed by atoms with E-state index in [1.54, 1.807) is 6.20 Å². The molecule has 0 radical (unpaired) electrons. The van der Waals surface area contributed by atoms with Crippen molar-refractivity contribution in [2.45, 2.75) is 0 Å². The number of benzene rings is 2. The van der Waals surface area contributed by atoms with Gasteiger partial charge in [0.25, 0.3) is 0 Å². The maximum absolute atomic E-state index is 10.9. The van der Waals surface area contributed by atoms with E-state index in [1.165, 1.54) is 0 Å². The summed E-state index contributed by atoms with van der Waals surface area (Å²) < 4.78 is 2.95. The highest BCUT2D eigenvalue weighted by Crippen LogP contribution is 2.23. The Morgan fingerprint density at radius 2 is 1.90 bits per heavy atom. The summed E-state index contributed by atoms with van der Waals surface area (Å²) in [5, 5.41) is 0. The van der Waals surface area contributed by atoms with Gasteiger partial charge in [0.05, 0.1) is 0 Å². The van der Waals surface area contributed by atoms with Crippen molar-refractivity contribution in [3.05, 3.63) is 70.1 Å². The van der Waals surface area contributed by atoms with Crippen LogP contribution in [0, 0.1) is 3.57 Å². The Kier molecular flexibility index (Phi) is 3.64. The first-order valence-electron chi connectivity index (χ1n) is 6.13. The summed E-state index contributed by atoms with van der Waals surface area (Å²) in [6, 6.07) is 15.8. The smallest absolute Gasteiger partial charge is 0.151 e. The zero-order valence-electron chi connectivity index (χ0n) is 10.5. The van der Waals surface area contributed by atoms with E-state index in [0.29, 0.717) is 5.56 Å². The van der Waals surface area contributed by atoms with Crippen molar-refractivity contribution in [1.29, 1.82) is 0 Å². The van der Waals surface area contributed by atoms with E-state index in [1.807, 2.05) is 59.3 Å². The Morgan fingerprint density at radius 1 is 1.10 bits per heavy atom. The first kappa shape index (κ1) is 13.1. The van der Waals surface area contributed by atoms with E-state index in [0.717, 1.165) is 26.9 Å². The number of carbonyl (C=O) groups is 1. The maximum atomic E-state index is 10.9. The second-order valence-corrected chi connectivity index (χ2v) is 5.47. The van der Waals surface area contributed by atoms with Gasteiger partial charge in [-0.2, -0.15) is 0 Å². The fraction of sp³-hybridized carbons (Fsp3) is 0. The highest BCUT2D eigenvalue weighted by atomic mass is 127. The molecule has 0 fully saturated rings. The monoisotopic (exact) mass is 374 g/mol. The average molecular weight is 374 g/mol. The Bertz CT molecular complexity index is 750. The van der Waals surface area contributed by atoms with E-state index in [9.17, 15) is 4.79 Å². The van der Waals surface area contributed by atoms with E-state index in [4.69, 9.17) is 0 Å². The quantitative estimate of drug-likeness (QED) is 0.514. The number of aldehydes is 1. The molecule has 20 heavy (non-hydrogen) atoms. The van der Waals surface area contributed by atoms with Gasteiger partial charge < -0.3 is 0 Å². The molecule has 2 aromatic carbocycles. The van der Waals surface area contributed by atoms with Gasteiger partial charge in [-0.25, -0.2) is 4.98 Å². The first-order valence-corrected chi connectivity index (χ1v) is 7.21. The van der Waals surface area contributed by atoms with Crippen LogP contribution in [-0.2, 0) is 0 Å². The fourth-order valence-corrected chi connectivity index (χ4v) is 2.70. The van der Waals surface area contributed by atoms with Gasteiger partial charge >= 0.3 is 0 Å². The van der Waals surface area contributed by atoms with Crippen LogP contribution in [0.15, 0.2) is 60.9 Å². The number of imidazole rings is 1. The topological polar surface area (TPSA) is 34.9 Å². The molecule has 0 aliphatic rings. The Hall–Kier alpha value is -1.95. The van der Waals surface area contributed by atoms with E-state index >= 15 is 0 Å². The molecule has 98 valence electrons. The molecule has 4 heteroatoms. The minimum Gasteiger partial charge on any atom is -0.300 e. The minimum absolute atomic E-state index is 0.704. The molecule has 3 aromatic rings. The summed E-state index contributed by atoms with van der Waals surface area (Å²) in [4.78, 5) is 15.3. The predicted octanol–water partition coefficient (Wildman–Crippen LogP) is 3.96. The minimum atomic E-state index is 0.704. The van der Waals surface area contributed by atoms with Gasteiger partial charge in [-0.3, -0.25) is 9.36 Å². The predicted molar refractivity (Wildman–Crippen MR) is 87.1 cm³/mol. The summed E-state index contributed by atoms with van der Waals surface area (Å²) in [5.41, 5.74) is 2.76. The molecule has 1 aromatic heterocycles. The second-order valence-electron chi connectivity index (χ2n) is 4.31. The maximum Gasteiger partial charge on any atom is 0.151 e. The standard InChI is InChI=1S/C16H11IN2O/c17-15-10-14(7-6-13(15)11-20)19-9-8-18-16(19)12-4-2-1-3-5-12/h1-11H. The third kappa shape index (κ3) is 2.38. The highest BCUT2D eigenvalue weighted by Gasteiger charge is 2.08. The molecule has 0 N–H and O–H groups in total. The molecule has 0 spiro atoms. The highest BCUT2D eigenvalue weighted by molar-refractivity contribution is 14.1. The van der Waals surface area contributed by atoms with Crippen LogP contribution < -0.4 is 0 Å². The molecule has 0 bridgehead atoms. The molecule has 0 saturated carbocycles. The lowest BCUT2D eigenvalue weighted by Crippen LogP contribution is -1.98. The summed E-state index contributed by atoms with van der Waals surface area (Å²) in [5.74, 6) is 0.889. The van der Waals surface area contributed by atoms with Gasteiger partial charge in [0.15, 0.2) is 6.29 Å². The van der Waals surface area contributed by atoms with Crippen LogP contribution >= 0.6 is 22.6 Å². The average Bonchev–Trinajstić information content (AvgIpc) is 2.97. The van der Waals surface area contributed by atoms with Crippen molar-refractivity contribution in [2.24, 2.45) is 0 Å². The van der Waals surface area contributed by atoms with Gasteiger partial charge in [0.1, 0.15) is 5.82 Å². The Morgan fingerprint density at radius 3 is 2.60 bits per heavy atom. The molecule has 0 atom stereocenters. The lowest BCUT2D eigenvalue weighted by molar-refractivity contribution is 0.112. The molecular weight excluding hydrogens is 363 g/mol. The van der Waals surface area contributed by atoms with Crippen molar-refractivity contribution < 1.29 is 4.79 Å². The van der Waals surface area contributed by atoms with E-state index in [2.05, 4.69) is 27.6 Å². The van der Waals surface area contributed by atoms with Crippen LogP contribution in [-0.4, -0.2) is 15.8 Å². The second kappa shape index (κ2) is 5.58. The van der Waals surface area contributed by atoms with E-state index in [-0.39, 0.29) is 0 Å². The van der Waals surface area contributed by atoms with Crippen molar-refractivity contribution >= 4 is 28.9 Å². The van der Waals surface area contributed by atoms with Gasteiger partial charge in [-0.1, -0.05) is 30.3 Å². The summed E-state index contributed by atoms with van der Waals surface area (Å²) in [7, 11) is 0. The zero-order valence-corrected chi connectivity index (χ0v) is 12.7. The summed E-state index contributed by atoms with van der Waals surface area (Å²) in [6.07, 6.45) is 4.58. The fourth-order valence-electron chi connectivity index (χ4n) is 2.07. The lowest BCUT2D eigenvalue weighted by atomic mass is 10.2. The SMILES string of the molecule is O=Cc1ccc(-n2ccnc2-c2ccccc2)cc1I. The first-order chi connectivity index (χ1) is 9.79. The normalized spacial score (nSPS) is 10.4. The third-order valence-electron chi connectivity index (χ3n) is 3.06. The van der Waals surface area contributed by atoms with Gasteiger partial charge in [0.2, 0.25) is 0 Å². The number of halogens is 1. The molecule has 0 saturated heterocycles. The third-order valence-corrected chi connectivity index (χ3v) is 4.00. The van der Waals surface area contributed by atoms with Gasteiger partial charge in [-0.05, 0) is 40.8 Å². The molecule has 1 heterocycles. The summed E-state index contributed by atoms with van der Waals surface area (Å²) >= 11 is 2.17. The molecular formula is C16H11IN2O. The molecule has 0 amide bonds. The summed E-state index contributed by atoms with van der Waals surface area (Å²) in [6.45, 7) is 0. The lowest BCUT2D eigenvalue weighted by Gasteiger charge is -2.09. The van der Waals surface area contributed by atoms with Crippen molar-refractivity contribution in [3.63, 3.8) is 0 Å². The largest absolute Gasteiger partial charge is 0.300 e.